The van der Waals surface area contributed by atoms with Gasteiger partial charge >= 0.3 is 0 Å². The van der Waals surface area contributed by atoms with E-state index in [9.17, 15) is 4.79 Å². The van der Waals surface area contributed by atoms with Crippen LogP contribution in [0.1, 0.15) is 11.1 Å². The second-order valence-corrected chi connectivity index (χ2v) is 5.87. The maximum Gasteiger partial charge on any atom is 0.246 e. The largest absolute Gasteiger partial charge is 0.497 e. The van der Waals surface area contributed by atoms with Crippen LogP contribution in [0.3, 0.4) is 0 Å². The van der Waals surface area contributed by atoms with Crippen molar-refractivity contribution in [2.24, 2.45) is 0 Å². The number of amides is 1. The average molecular weight is 324 g/mol. The molecule has 0 spiro atoms. The lowest BCUT2D eigenvalue weighted by Gasteiger charge is -2.17. The van der Waals surface area contributed by atoms with Gasteiger partial charge in [-0.05, 0) is 41.5 Å². The predicted molar refractivity (Wildman–Crippen MR) is 99.3 cm³/mol. The second-order valence-electron chi connectivity index (χ2n) is 5.87. The SMILES string of the molecule is COc1cccc(/C=C/C(=O)N(C)Cc2ccc(N(C)C)cc2)c1. The summed E-state index contributed by atoms with van der Waals surface area (Å²) in [5.41, 5.74) is 3.18. The number of nitrogens with zero attached hydrogens (tertiary/aromatic N) is 2. The zero-order chi connectivity index (χ0) is 17.5. The van der Waals surface area contributed by atoms with Crippen LogP contribution in [0.2, 0.25) is 0 Å². The number of carbonyl (C=O) groups is 1. The van der Waals surface area contributed by atoms with E-state index in [1.54, 1.807) is 31.2 Å². The fourth-order valence-corrected chi connectivity index (χ4v) is 2.29. The second kappa shape index (κ2) is 8.20. The Bertz CT molecular complexity index is 706. The molecule has 0 bridgehead atoms. The van der Waals surface area contributed by atoms with Gasteiger partial charge in [-0.15, -0.1) is 0 Å². The van der Waals surface area contributed by atoms with Gasteiger partial charge in [0.25, 0.3) is 0 Å². The first kappa shape index (κ1) is 17.6. The quantitative estimate of drug-likeness (QED) is 0.763. The van der Waals surface area contributed by atoms with Crippen molar-refractivity contribution in [1.29, 1.82) is 0 Å². The minimum absolute atomic E-state index is 0.0329. The van der Waals surface area contributed by atoms with Crippen LogP contribution in [0.5, 0.6) is 5.75 Å². The fraction of sp³-hybridized carbons (Fsp3) is 0.250. The minimum Gasteiger partial charge on any atom is -0.497 e. The molecule has 4 heteroatoms. The van der Waals surface area contributed by atoms with Gasteiger partial charge in [-0.2, -0.15) is 0 Å². The van der Waals surface area contributed by atoms with Crippen LogP contribution in [0.15, 0.2) is 54.6 Å². The van der Waals surface area contributed by atoms with Crippen molar-refractivity contribution < 1.29 is 9.53 Å². The molecule has 0 unspecified atom stereocenters. The molecule has 2 aromatic carbocycles. The molecule has 0 aromatic heterocycles. The van der Waals surface area contributed by atoms with E-state index in [2.05, 4.69) is 17.0 Å². The highest BCUT2D eigenvalue weighted by atomic mass is 16.5. The highest BCUT2D eigenvalue weighted by Crippen LogP contribution is 2.15. The Kier molecular flexibility index (Phi) is 6.01. The first-order valence-corrected chi connectivity index (χ1v) is 7.83. The molecular formula is C20H24N2O2. The van der Waals surface area contributed by atoms with E-state index in [1.807, 2.05) is 50.5 Å². The maximum absolute atomic E-state index is 12.2. The molecule has 2 rings (SSSR count). The van der Waals surface area contributed by atoms with Crippen LogP contribution >= 0.6 is 0 Å². The van der Waals surface area contributed by atoms with Gasteiger partial charge in [0.05, 0.1) is 7.11 Å². The molecule has 0 saturated carbocycles. The first-order valence-electron chi connectivity index (χ1n) is 7.83. The minimum atomic E-state index is -0.0329. The van der Waals surface area contributed by atoms with Gasteiger partial charge in [0, 0.05) is 39.5 Å². The van der Waals surface area contributed by atoms with E-state index < -0.39 is 0 Å². The van der Waals surface area contributed by atoms with E-state index >= 15 is 0 Å². The lowest BCUT2D eigenvalue weighted by molar-refractivity contribution is -0.125. The predicted octanol–water partition coefficient (Wildman–Crippen LogP) is 3.43. The fourth-order valence-electron chi connectivity index (χ4n) is 2.29. The molecule has 0 atom stereocenters. The summed E-state index contributed by atoms with van der Waals surface area (Å²) in [6, 6.07) is 15.8. The van der Waals surface area contributed by atoms with Gasteiger partial charge in [0.2, 0.25) is 5.91 Å². The zero-order valence-corrected chi connectivity index (χ0v) is 14.7. The third-order valence-corrected chi connectivity index (χ3v) is 3.76. The molecule has 0 aliphatic heterocycles. The lowest BCUT2D eigenvalue weighted by atomic mass is 10.1. The van der Waals surface area contributed by atoms with Crippen molar-refractivity contribution in [2.45, 2.75) is 6.54 Å². The molecule has 0 aliphatic carbocycles. The maximum atomic E-state index is 12.2. The number of likely N-dealkylation sites (N-methyl/N-ethyl adjacent to an activating group) is 1. The van der Waals surface area contributed by atoms with Crippen molar-refractivity contribution in [3.8, 4) is 5.75 Å². The number of hydrogen-bond donors (Lipinski definition) is 0. The van der Waals surface area contributed by atoms with Gasteiger partial charge in [-0.1, -0.05) is 24.3 Å². The number of hydrogen-bond acceptors (Lipinski definition) is 3. The summed E-state index contributed by atoms with van der Waals surface area (Å²) in [5, 5.41) is 0. The lowest BCUT2D eigenvalue weighted by Crippen LogP contribution is -2.24. The Balaban J connectivity index is 1.97. The highest BCUT2D eigenvalue weighted by Gasteiger charge is 2.06. The monoisotopic (exact) mass is 324 g/mol. The third-order valence-electron chi connectivity index (χ3n) is 3.76. The zero-order valence-electron chi connectivity index (χ0n) is 14.7. The van der Waals surface area contributed by atoms with Gasteiger partial charge in [-0.25, -0.2) is 0 Å². The van der Waals surface area contributed by atoms with E-state index in [1.165, 1.54) is 0 Å². The highest BCUT2D eigenvalue weighted by molar-refractivity contribution is 5.91. The molecule has 0 aliphatic rings. The van der Waals surface area contributed by atoms with Crippen molar-refractivity contribution in [2.75, 3.05) is 33.2 Å². The van der Waals surface area contributed by atoms with Gasteiger partial charge < -0.3 is 14.5 Å². The molecule has 0 saturated heterocycles. The summed E-state index contributed by atoms with van der Waals surface area (Å²) in [5.74, 6) is 0.744. The Hall–Kier alpha value is -2.75. The summed E-state index contributed by atoms with van der Waals surface area (Å²) >= 11 is 0. The van der Waals surface area contributed by atoms with E-state index in [0.717, 1.165) is 22.6 Å². The molecule has 126 valence electrons. The number of ether oxygens (including phenoxy) is 1. The molecule has 0 radical (unpaired) electrons. The smallest absolute Gasteiger partial charge is 0.246 e. The molecule has 1 amide bonds. The normalized spacial score (nSPS) is 10.7. The summed E-state index contributed by atoms with van der Waals surface area (Å²) in [4.78, 5) is 16.0. The van der Waals surface area contributed by atoms with Crippen LogP contribution in [-0.2, 0) is 11.3 Å². The standard InChI is InChI=1S/C20H24N2O2/c1-21(2)18-11-8-17(9-12-18)15-22(3)20(23)13-10-16-6-5-7-19(14-16)24-4/h5-14H,15H2,1-4H3/b13-10+. The van der Waals surface area contributed by atoms with Crippen molar-refractivity contribution in [3.05, 3.63) is 65.7 Å². The Labute approximate surface area is 144 Å². The Morgan fingerprint density at radius 3 is 2.42 bits per heavy atom. The number of benzene rings is 2. The topological polar surface area (TPSA) is 32.8 Å². The van der Waals surface area contributed by atoms with Crippen molar-refractivity contribution in [1.82, 2.24) is 4.90 Å². The molecular weight excluding hydrogens is 300 g/mol. The van der Waals surface area contributed by atoms with Crippen molar-refractivity contribution in [3.63, 3.8) is 0 Å². The summed E-state index contributed by atoms with van der Waals surface area (Å²) < 4.78 is 5.18. The molecule has 24 heavy (non-hydrogen) atoms. The number of carbonyl (C=O) groups excluding carboxylic acids is 1. The molecule has 4 nitrogen and oxygen atoms in total. The molecule has 0 heterocycles. The van der Waals surface area contributed by atoms with E-state index in [0.29, 0.717) is 6.54 Å². The van der Waals surface area contributed by atoms with Crippen LogP contribution in [0.25, 0.3) is 6.08 Å². The molecule has 0 N–H and O–H groups in total. The van der Waals surface area contributed by atoms with Gasteiger partial charge in [0.1, 0.15) is 5.75 Å². The third kappa shape index (κ3) is 4.88. The van der Waals surface area contributed by atoms with Gasteiger partial charge in [-0.3, -0.25) is 4.79 Å². The van der Waals surface area contributed by atoms with Crippen LogP contribution in [-0.4, -0.2) is 39.1 Å². The van der Waals surface area contributed by atoms with Crippen LogP contribution in [0.4, 0.5) is 5.69 Å². The van der Waals surface area contributed by atoms with Crippen LogP contribution in [0, 0.1) is 0 Å². The molecule has 2 aromatic rings. The first-order chi connectivity index (χ1) is 11.5. The number of anilines is 1. The summed E-state index contributed by atoms with van der Waals surface area (Å²) in [7, 11) is 7.45. The Morgan fingerprint density at radius 2 is 1.79 bits per heavy atom. The Morgan fingerprint density at radius 1 is 1.08 bits per heavy atom. The van der Waals surface area contributed by atoms with Crippen LogP contribution < -0.4 is 9.64 Å². The summed E-state index contributed by atoms with van der Waals surface area (Å²) in [6.07, 6.45) is 3.39. The van der Waals surface area contributed by atoms with E-state index in [-0.39, 0.29) is 5.91 Å². The average Bonchev–Trinajstić information content (AvgIpc) is 2.60. The number of methoxy groups -OCH3 is 1. The molecule has 0 fully saturated rings. The van der Waals surface area contributed by atoms with Gasteiger partial charge in [0.15, 0.2) is 0 Å². The number of rotatable bonds is 6. The van der Waals surface area contributed by atoms with Crippen molar-refractivity contribution >= 4 is 17.7 Å². The van der Waals surface area contributed by atoms with E-state index in [4.69, 9.17) is 4.74 Å². The summed E-state index contributed by atoms with van der Waals surface area (Å²) in [6.45, 7) is 0.578.